The van der Waals surface area contributed by atoms with Gasteiger partial charge in [0.1, 0.15) is 4.90 Å². The van der Waals surface area contributed by atoms with Crippen molar-refractivity contribution in [2.45, 2.75) is 29.3 Å². The monoisotopic (exact) mass is 418 g/mol. The van der Waals surface area contributed by atoms with E-state index in [9.17, 15) is 16.8 Å². The highest BCUT2D eigenvalue weighted by Gasteiger charge is 2.44. The summed E-state index contributed by atoms with van der Waals surface area (Å²) in [6.07, 6.45) is 3.92. The zero-order chi connectivity index (χ0) is 20.3. The largest absolute Gasteiger partial charge is 0.267 e. The standard InChI is InChI=1S/C18H18N4O4S2/c1-18(2)11-22(16-13(18)10-20-17(21-16)27(3,23)24)28(25,26)14-8-4-6-12-7-5-9-19-15(12)14/h4-10H,11H2,1-3H3. The van der Waals surface area contributed by atoms with E-state index in [0.29, 0.717) is 16.5 Å². The number of nitrogens with zero attached hydrogens (tertiary/aromatic N) is 4. The highest BCUT2D eigenvalue weighted by molar-refractivity contribution is 7.93. The van der Waals surface area contributed by atoms with Crippen LogP contribution in [0.2, 0.25) is 0 Å². The van der Waals surface area contributed by atoms with E-state index < -0.39 is 30.4 Å². The van der Waals surface area contributed by atoms with Gasteiger partial charge < -0.3 is 0 Å². The molecule has 2 aromatic heterocycles. The predicted octanol–water partition coefficient (Wildman–Crippen LogP) is 1.91. The molecule has 1 aliphatic heterocycles. The highest BCUT2D eigenvalue weighted by Crippen LogP contribution is 2.42. The molecular formula is C18H18N4O4S2. The second-order valence-electron chi connectivity index (χ2n) is 7.39. The summed E-state index contributed by atoms with van der Waals surface area (Å²) in [7, 11) is -7.71. The summed E-state index contributed by atoms with van der Waals surface area (Å²) in [5, 5.41) is 0.293. The van der Waals surface area contributed by atoms with E-state index in [-0.39, 0.29) is 17.3 Å². The van der Waals surface area contributed by atoms with Gasteiger partial charge in [0.2, 0.25) is 15.0 Å². The van der Waals surface area contributed by atoms with Gasteiger partial charge in [-0.05, 0) is 12.1 Å². The number of anilines is 1. The maximum absolute atomic E-state index is 13.5. The van der Waals surface area contributed by atoms with Crippen molar-refractivity contribution in [1.29, 1.82) is 0 Å². The maximum Gasteiger partial charge on any atom is 0.267 e. The summed E-state index contributed by atoms with van der Waals surface area (Å²) >= 11 is 0. The molecule has 1 aromatic carbocycles. The van der Waals surface area contributed by atoms with E-state index in [4.69, 9.17) is 0 Å². The van der Waals surface area contributed by atoms with Crippen molar-refractivity contribution in [2.75, 3.05) is 17.1 Å². The van der Waals surface area contributed by atoms with Gasteiger partial charge in [-0.15, -0.1) is 0 Å². The molecule has 0 N–H and O–H groups in total. The Hall–Kier alpha value is -2.59. The van der Waals surface area contributed by atoms with Crippen LogP contribution < -0.4 is 4.31 Å². The van der Waals surface area contributed by atoms with Crippen molar-refractivity contribution in [3.05, 3.63) is 48.3 Å². The lowest BCUT2D eigenvalue weighted by molar-refractivity contribution is 0.553. The number of fused-ring (bicyclic) bond motifs is 2. The van der Waals surface area contributed by atoms with Crippen molar-refractivity contribution in [2.24, 2.45) is 0 Å². The lowest BCUT2D eigenvalue weighted by Crippen LogP contribution is -2.34. The van der Waals surface area contributed by atoms with E-state index in [2.05, 4.69) is 15.0 Å². The number of para-hydroxylation sites is 1. The Morgan fingerprint density at radius 1 is 1.04 bits per heavy atom. The minimum atomic E-state index is -4.03. The maximum atomic E-state index is 13.5. The molecule has 0 spiro atoms. The molecule has 0 bridgehead atoms. The van der Waals surface area contributed by atoms with Gasteiger partial charge in [0.05, 0.1) is 5.52 Å². The summed E-state index contributed by atoms with van der Waals surface area (Å²) in [5.74, 6) is 0.0911. The number of hydrogen-bond acceptors (Lipinski definition) is 7. The van der Waals surface area contributed by atoms with Gasteiger partial charge in [-0.25, -0.2) is 26.1 Å². The third kappa shape index (κ3) is 2.83. The van der Waals surface area contributed by atoms with Gasteiger partial charge in [-0.3, -0.25) is 4.98 Å². The number of sulfonamides is 1. The molecule has 3 heterocycles. The molecule has 146 valence electrons. The molecule has 0 radical (unpaired) electrons. The van der Waals surface area contributed by atoms with E-state index >= 15 is 0 Å². The normalized spacial score (nSPS) is 16.3. The minimum absolute atomic E-state index is 0.0498. The quantitative estimate of drug-likeness (QED) is 0.598. The molecule has 0 amide bonds. The molecule has 0 saturated carbocycles. The van der Waals surface area contributed by atoms with Gasteiger partial charge in [-0.2, -0.15) is 4.98 Å². The lowest BCUT2D eigenvalue weighted by Gasteiger charge is -2.22. The number of rotatable bonds is 3. The first-order chi connectivity index (χ1) is 13.0. The molecule has 0 unspecified atom stereocenters. The van der Waals surface area contributed by atoms with Crippen molar-refractivity contribution < 1.29 is 16.8 Å². The third-order valence-electron chi connectivity index (χ3n) is 4.75. The average Bonchev–Trinajstić information content (AvgIpc) is 2.92. The third-order valence-corrected chi connectivity index (χ3v) is 7.37. The second kappa shape index (κ2) is 5.95. The van der Waals surface area contributed by atoms with Crippen LogP contribution in [-0.4, -0.2) is 44.6 Å². The number of aromatic nitrogens is 3. The zero-order valence-corrected chi connectivity index (χ0v) is 17.1. The van der Waals surface area contributed by atoms with Crippen molar-refractivity contribution in [3.8, 4) is 0 Å². The minimum Gasteiger partial charge on any atom is -0.255 e. The summed E-state index contributed by atoms with van der Waals surface area (Å²) in [4.78, 5) is 12.3. The topological polar surface area (TPSA) is 110 Å². The van der Waals surface area contributed by atoms with Crippen LogP contribution in [0.4, 0.5) is 5.82 Å². The van der Waals surface area contributed by atoms with Crippen molar-refractivity contribution in [1.82, 2.24) is 15.0 Å². The molecule has 3 aromatic rings. The van der Waals surface area contributed by atoms with E-state index in [0.717, 1.165) is 10.6 Å². The Bertz CT molecular complexity index is 1310. The van der Waals surface area contributed by atoms with Crippen LogP contribution in [-0.2, 0) is 25.3 Å². The van der Waals surface area contributed by atoms with Crippen molar-refractivity contribution >= 4 is 36.6 Å². The molecule has 0 aliphatic carbocycles. The summed E-state index contributed by atoms with van der Waals surface area (Å²) in [5.41, 5.74) is 0.363. The van der Waals surface area contributed by atoms with Crippen LogP contribution in [0.1, 0.15) is 19.4 Å². The van der Waals surface area contributed by atoms with Crippen molar-refractivity contribution in [3.63, 3.8) is 0 Å². The first kappa shape index (κ1) is 18.8. The van der Waals surface area contributed by atoms with Gasteiger partial charge in [-0.1, -0.05) is 32.0 Å². The van der Waals surface area contributed by atoms with Crippen LogP contribution in [0.15, 0.2) is 52.8 Å². The molecule has 0 atom stereocenters. The highest BCUT2D eigenvalue weighted by atomic mass is 32.2. The van der Waals surface area contributed by atoms with Crippen LogP contribution in [0.3, 0.4) is 0 Å². The molecule has 28 heavy (non-hydrogen) atoms. The number of hydrogen-bond donors (Lipinski definition) is 0. The number of benzene rings is 1. The fourth-order valence-corrected chi connectivity index (χ4v) is 5.58. The Kier molecular flexibility index (Phi) is 3.99. The summed E-state index contributed by atoms with van der Waals surface area (Å²) in [6, 6.07) is 8.45. The van der Waals surface area contributed by atoms with Gasteiger partial charge in [0.25, 0.3) is 10.0 Å². The second-order valence-corrected chi connectivity index (χ2v) is 11.1. The van der Waals surface area contributed by atoms with Gasteiger partial charge in [0, 0.05) is 41.6 Å². The first-order valence-corrected chi connectivity index (χ1v) is 11.8. The lowest BCUT2D eigenvalue weighted by atomic mass is 9.89. The molecule has 4 rings (SSSR count). The van der Waals surface area contributed by atoms with Gasteiger partial charge >= 0.3 is 0 Å². The Morgan fingerprint density at radius 3 is 2.46 bits per heavy atom. The molecular weight excluding hydrogens is 400 g/mol. The Balaban J connectivity index is 1.95. The van der Waals surface area contributed by atoms with Crippen LogP contribution in [0, 0.1) is 0 Å². The smallest absolute Gasteiger partial charge is 0.255 e. The van der Waals surface area contributed by atoms with Crippen LogP contribution >= 0.6 is 0 Å². The molecule has 1 aliphatic rings. The summed E-state index contributed by atoms with van der Waals surface area (Å²) < 4.78 is 52.0. The predicted molar refractivity (Wildman–Crippen MR) is 104 cm³/mol. The van der Waals surface area contributed by atoms with Crippen LogP contribution in [0.5, 0.6) is 0 Å². The molecule has 10 heteroatoms. The van der Waals surface area contributed by atoms with Gasteiger partial charge in [0.15, 0.2) is 5.82 Å². The fourth-order valence-electron chi connectivity index (χ4n) is 3.32. The SMILES string of the molecule is CC1(C)CN(S(=O)(=O)c2cccc3cccnc23)c2nc(S(C)(=O)=O)ncc21. The summed E-state index contributed by atoms with van der Waals surface area (Å²) in [6.45, 7) is 3.86. The van der Waals surface area contributed by atoms with E-state index in [1.165, 1.54) is 18.5 Å². The van der Waals surface area contributed by atoms with E-state index in [1.54, 1.807) is 24.3 Å². The Labute approximate surface area is 163 Å². The molecule has 0 saturated heterocycles. The number of sulfone groups is 1. The van der Waals surface area contributed by atoms with Crippen LogP contribution in [0.25, 0.3) is 10.9 Å². The van der Waals surface area contributed by atoms with E-state index in [1.807, 2.05) is 13.8 Å². The fraction of sp³-hybridized carbons (Fsp3) is 0.278. The Morgan fingerprint density at radius 2 is 1.75 bits per heavy atom. The number of pyridine rings is 1. The zero-order valence-electron chi connectivity index (χ0n) is 15.5. The molecule has 0 fully saturated rings. The first-order valence-electron chi connectivity index (χ1n) is 8.46. The average molecular weight is 419 g/mol. The molecule has 8 nitrogen and oxygen atoms in total.